The molecule has 0 saturated carbocycles. The highest BCUT2D eigenvalue weighted by Crippen LogP contribution is 2.47. The Morgan fingerprint density at radius 3 is 2.06 bits per heavy atom. The van der Waals surface area contributed by atoms with Crippen LogP contribution < -0.4 is 0 Å². The molecule has 0 rings (SSSR count). The third kappa shape index (κ3) is 6.67. The van der Waals surface area contributed by atoms with E-state index in [9.17, 15) is 14.4 Å². The van der Waals surface area contributed by atoms with Crippen molar-refractivity contribution in [2.24, 2.45) is 5.92 Å². The quantitative estimate of drug-likeness (QED) is 0.609. The topological polar surface area (TPSA) is 57.5 Å². The first-order valence-electron chi connectivity index (χ1n) is 6.50. The molecule has 0 radical (unpaired) electrons. The minimum Gasteiger partial charge on any atom is -0.324 e. The Bertz CT molecular complexity index is 212. The van der Waals surface area contributed by atoms with E-state index in [2.05, 4.69) is 13.8 Å². The fourth-order valence-corrected chi connectivity index (χ4v) is 3.29. The average Bonchev–Trinajstić information content (AvgIpc) is 2.21. The van der Waals surface area contributed by atoms with Gasteiger partial charge >= 0.3 is 7.60 Å². The molecule has 0 aliphatic rings. The van der Waals surface area contributed by atoms with Gasteiger partial charge in [-0.3, -0.25) is 4.57 Å². The molecule has 3 nitrogen and oxygen atoms in total. The Hall–Kier alpha value is 0.150. The van der Waals surface area contributed by atoms with Crippen LogP contribution in [0, 0.1) is 5.92 Å². The Morgan fingerprint density at radius 2 is 1.69 bits per heavy atom. The molecule has 0 aromatic heterocycles. The molecule has 0 aliphatic heterocycles. The van der Waals surface area contributed by atoms with E-state index in [1.54, 1.807) is 0 Å². The van der Waals surface area contributed by atoms with Gasteiger partial charge in [-0.15, -0.1) is 0 Å². The van der Waals surface area contributed by atoms with E-state index in [-0.39, 0.29) is 0 Å². The van der Waals surface area contributed by atoms with Crippen molar-refractivity contribution < 1.29 is 14.4 Å². The fraction of sp³-hybridized carbons (Fsp3) is 1.00. The predicted molar refractivity (Wildman–Crippen MR) is 68.7 cm³/mol. The summed E-state index contributed by atoms with van der Waals surface area (Å²) >= 11 is 0. The molecule has 0 amide bonds. The van der Waals surface area contributed by atoms with Gasteiger partial charge in [0.2, 0.25) is 0 Å². The SMILES string of the molecule is CCCCC(CC)CC(CCC)P(=O)(O)O. The normalized spacial score (nSPS) is 16.1. The second-order valence-electron chi connectivity index (χ2n) is 4.68. The maximum absolute atomic E-state index is 11.3. The second-order valence-corrected chi connectivity index (χ2v) is 6.59. The highest BCUT2D eigenvalue weighted by atomic mass is 31.2. The maximum atomic E-state index is 11.3. The third-order valence-corrected chi connectivity index (χ3v) is 4.67. The molecule has 0 saturated heterocycles. The van der Waals surface area contributed by atoms with E-state index in [0.29, 0.717) is 18.8 Å². The van der Waals surface area contributed by atoms with Gasteiger partial charge < -0.3 is 9.79 Å². The standard InChI is InChI=1S/C12H27O3P/c1-4-7-9-11(6-3)10-12(8-5-2)16(13,14)15/h11-12H,4-10H2,1-3H3,(H2,13,14,15). The van der Waals surface area contributed by atoms with Gasteiger partial charge in [0, 0.05) is 0 Å². The van der Waals surface area contributed by atoms with Crippen molar-refractivity contribution in [2.75, 3.05) is 0 Å². The van der Waals surface area contributed by atoms with Crippen LogP contribution in [-0.2, 0) is 4.57 Å². The van der Waals surface area contributed by atoms with Crippen LogP contribution in [0.2, 0.25) is 0 Å². The van der Waals surface area contributed by atoms with Crippen molar-refractivity contribution in [1.82, 2.24) is 0 Å². The largest absolute Gasteiger partial charge is 0.328 e. The molecule has 0 aliphatic carbocycles. The van der Waals surface area contributed by atoms with Gasteiger partial charge in [-0.05, 0) is 18.8 Å². The number of hydrogen-bond donors (Lipinski definition) is 2. The molecule has 2 unspecified atom stereocenters. The monoisotopic (exact) mass is 250 g/mol. The Balaban J connectivity index is 4.29. The smallest absolute Gasteiger partial charge is 0.324 e. The molecule has 0 heterocycles. The molecule has 4 heteroatoms. The zero-order valence-electron chi connectivity index (χ0n) is 10.9. The van der Waals surface area contributed by atoms with Crippen LogP contribution in [0.4, 0.5) is 0 Å². The van der Waals surface area contributed by atoms with E-state index >= 15 is 0 Å². The molecule has 0 aromatic carbocycles. The van der Waals surface area contributed by atoms with Crippen molar-refractivity contribution in [1.29, 1.82) is 0 Å². The summed E-state index contributed by atoms with van der Waals surface area (Å²) in [6, 6.07) is 0. The molecule has 16 heavy (non-hydrogen) atoms. The van der Waals surface area contributed by atoms with Crippen molar-refractivity contribution in [2.45, 2.75) is 71.4 Å². The summed E-state index contributed by atoms with van der Waals surface area (Å²) in [5.74, 6) is 0.476. The number of rotatable bonds is 9. The van der Waals surface area contributed by atoms with Crippen LogP contribution in [0.3, 0.4) is 0 Å². The Kier molecular flexibility index (Phi) is 8.35. The summed E-state index contributed by atoms with van der Waals surface area (Å²) in [5, 5.41) is 0. The minimum atomic E-state index is -3.89. The molecule has 0 bridgehead atoms. The highest BCUT2D eigenvalue weighted by Gasteiger charge is 2.29. The minimum absolute atomic E-state index is 0.417. The summed E-state index contributed by atoms with van der Waals surface area (Å²) in [5.41, 5.74) is -0.417. The van der Waals surface area contributed by atoms with Crippen molar-refractivity contribution in [3.05, 3.63) is 0 Å². The molecular weight excluding hydrogens is 223 g/mol. The molecule has 98 valence electrons. The average molecular weight is 250 g/mol. The molecule has 2 N–H and O–H groups in total. The van der Waals surface area contributed by atoms with Crippen LogP contribution in [0.1, 0.15) is 65.7 Å². The van der Waals surface area contributed by atoms with Gasteiger partial charge in [0.25, 0.3) is 0 Å². The van der Waals surface area contributed by atoms with Crippen molar-refractivity contribution in [3.8, 4) is 0 Å². The highest BCUT2D eigenvalue weighted by molar-refractivity contribution is 7.52. The summed E-state index contributed by atoms with van der Waals surface area (Å²) in [6.45, 7) is 6.25. The predicted octanol–water partition coefficient (Wildman–Crippen LogP) is 3.94. The molecule has 0 fully saturated rings. The summed E-state index contributed by atoms with van der Waals surface area (Å²) in [6.07, 6.45) is 6.64. The van der Waals surface area contributed by atoms with Crippen LogP contribution in [0.15, 0.2) is 0 Å². The Labute approximate surface area is 99.8 Å². The number of hydrogen-bond acceptors (Lipinski definition) is 1. The lowest BCUT2D eigenvalue weighted by Gasteiger charge is -2.23. The Morgan fingerprint density at radius 1 is 1.06 bits per heavy atom. The van der Waals surface area contributed by atoms with Crippen molar-refractivity contribution in [3.63, 3.8) is 0 Å². The van der Waals surface area contributed by atoms with Gasteiger partial charge in [-0.2, -0.15) is 0 Å². The van der Waals surface area contributed by atoms with E-state index in [0.717, 1.165) is 25.7 Å². The van der Waals surface area contributed by atoms with Crippen molar-refractivity contribution >= 4 is 7.60 Å². The zero-order valence-corrected chi connectivity index (χ0v) is 11.7. The third-order valence-electron chi connectivity index (χ3n) is 3.25. The molecule has 0 spiro atoms. The van der Waals surface area contributed by atoms with Crippen LogP contribution in [-0.4, -0.2) is 15.4 Å². The zero-order chi connectivity index (χ0) is 12.6. The lowest BCUT2D eigenvalue weighted by molar-refractivity contribution is 0.326. The van der Waals surface area contributed by atoms with Crippen LogP contribution >= 0.6 is 7.60 Å². The van der Waals surface area contributed by atoms with E-state index in [1.165, 1.54) is 6.42 Å². The van der Waals surface area contributed by atoms with E-state index < -0.39 is 13.3 Å². The van der Waals surface area contributed by atoms with Gasteiger partial charge in [0.1, 0.15) is 0 Å². The molecule has 2 atom stereocenters. The van der Waals surface area contributed by atoms with Gasteiger partial charge in [0.05, 0.1) is 5.66 Å². The maximum Gasteiger partial charge on any atom is 0.328 e. The van der Waals surface area contributed by atoms with E-state index in [4.69, 9.17) is 0 Å². The van der Waals surface area contributed by atoms with Crippen LogP contribution in [0.25, 0.3) is 0 Å². The van der Waals surface area contributed by atoms with Gasteiger partial charge in [0.15, 0.2) is 0 Å². The summed E-state index contributed by atoms with van der Waals surface area (Å²) in [7, 11) is -3.89. The molecular formula is C12H27O3P. The first-order chi connectivity index (χ1) is 7.45. The second kappa shape index (κ2) is 8.27. The lowest BCUT2D eigenvalue weighted by Crippen LogP contribution is -2.14. The first-order valence-corrected chi connectivity index (χ1v) is 8.18. The summed E-state index contributed by atoms with van der Waals surface area (Å²) < 4.78 is 11.3. The fourth-order valence-electron chi connectivity index (χ4n) is 2.12. The lowest BCUT2D eigenvalue weighted by atomic mass is 9.93. The number of unbranched alkanes of at least 4 members (excludes halogenated alkanes) is 1. The summed E-state index contributed by atoms with van der Waals surface area (Å²) in [4.78, 5) is 18.6. The van der Waals surface area contributed by atoms with Crippen LogP contribution in [0.5, 0.6) is 0 Å². The van der Waals surface area contributed by atoms with E-state index in [1.807, 2.05) is 6.92 Å². The molecule has 0 aromatic rings. The van der Waals surface area contributed by atoms with Gasteiger partial charge in [-0.25, -0.2) is 0 Å². The first kappa shape index (κ1) is 16.1. The van der Waals surface area contributed by atoms with Gasteiger partial charge in [-0.1, -0.05) is 52.9 Å².